The molecule has 0 fully saturated rings. The molecule has 0 unspecified atom stereocenters. The van der Waals surface area contributed by atoms with Gasteiger partial charge in [0.15, 0.2) is 0 Å². The second-order valence-electron chi connectivity index (χ2n) is 4.35. The molecule has 0 aliphatic carbocycles. The van der Waals surface area contributed by atoms with E-state index in [1.165, 1.54) is 0 Å². The Morgan fingerprint density at radius 1 is 1.27 bits per heavy atom. The fourth-order valence-electron chi connectivity index (χ4n) is 1.71. The Hall–Kier alpha value is -1.75. The normalized spacial score (nSPS) is 11.0. The monoisotopic (exact) mass is 356 g/mol. The Balaban J connectivity index is 2.32. The summed E-state index contributed by atoms with van der Waals surface area (Å²) in [6.07, 6.45) is 0. The molecule has 2 aromatic carbocycles. The van der Waals surface area contributed by atoms with Crippen molar-refractivity contribution in [3.05, 3.63) is 52.8 Å². The Bertz CT molecular complexity index is 864. The summed E-state index contributed by atoms with van der Waals surface area (Å²) >= 11 is 6.59. The van der Waals surface area contributed by atoms with Gasteiger partial charge in [0.05, 0.1) is 15.6 Å². The van der Waals surface area contributed by atoms with Crippen molar-refractivity contribution in [2.75, 3.05) is 4.72 Å². The van der Waals surface area contributed by atoms with Crippen LogP contribution in [0.3, 0.4) is 0 Å². The van der Waals surface area contributed by atoms with Crippen LogP contribution < -0.4 is 4.72 Å². The summed E-state index contributed by atoms with van der Waals surface area (Å²) in [7, 11) is -3.87. The second kappa shape index (κ2) is 6.57. The van der Waals surface area contributed by atoms with Gasteiger partial charge in [-0.15, -0.1) is 0 Å². The molecule has 0 aromatic heterocycles. The number of aryl methyl sites for hydroxylation is 1. The molecule has 0 heterocycles. The second-order valence-corrected chi connectivity index (χ2v) is 7.30. The summed E-state index contributed by atoms with van der Waals surface area (Å²) in [4.78, 5) is 0.585. The van der Waals surface area contributed by atoms with Gasteiger partial charge in [-0.05, 0) is 60.6 Å². The molecule has 0 atom stereocenters. The first-order chi connectivity index (χ1) is 10.3. The zero-order valence-corrected chi connectivity index (χ0v) is 13.7. The number of thiocyanates is 1. The van der Waals surface area contributed by atoms with E-state index in [0.717, 1.165) is 30.0 Å². The van der Waals surface area contributed by atoms with E-state index < -0.39 is 15.8 Å². The molecule has 0 aliphatic heterocycles. The smallest absolute Gasteiger partial charge is 0.261 e. The van der Waals surface area contributed by atoms with E-state index in [9.17, 15) is 12.8 Å². The van der Waals surface area contributed by atoms with Gasteiger partial charge in [0.1, 0.15) is 11.2 Å². The molecule has 1 N–H and O–H groups in total. The van der Waals surface area contributed by atoms with E-state index in [1.54, 1.807) is 25.1 Å². The van der Waals surface area contributed by atoms with Gasteiger partial charge in [-0.25, -0.2) is 12.8 Å². The summed E-state index contributed by atoms with van der Waals surface area (Å²) < 4.78 is 40.1. The highest BCUT2D eigenvalue weighted by molar-refractivity contribution is 8.03. The van der Waals surface area contributed by atoms with Crippen LogP contribution in [0.5, 0.6) is 0 Å². The van der Waals surface area contributed by atoms with Crippen molar-refractivity contribution in [3.63, 3.8) is 0 Å². The summed E-state index contributed by atoms with van der Waals surface area (Å²) in [5, 5.41) is 10.3. The molecule has 0 spiro atoms. The van der Waals surface area contributed by atoms with Crippen molar-refractivity contribution in [1.29, 1.82) is 5.26 Å². The molecule has 0 aliphatic rings. The number of hydrogen-bond acceptors (Lipinski definition) is 4. The molecular formula is C14H10ClFN2O2S2. The summed E-state index contributed by atoms with van der Waals surface area (Å²) in [5.74, 6) is -0.685. The maximum atomic E-state index is 13.1. The first kappa shape index (κ1) is 16.6. The van der Waals surface area contributed by atoms with E-state index in [-0.39, 0.29) is 9.92 Å². The van der Waals surface area contributed by atoms with Crippen molar-refractivity contribution < 1.29 is 12.8 Å². The zero-order valence-electron chi connectivity index (χ0n) is 11.3. The predicted octanol–water partition coefficient (Wildman–Crippen LogP) is 4.16. The Morgan fingerprint density at radius 2 is 2.00 bits per heavy atom. The fraction of sp³-hybridized carbons (Fsp3) is 0.0714. The Morgan fingerprint density at radius 3 is 2.59 bits per heavy atom. The fourth-order valence-corrected chi connectivity index (χ4v) is 3.59. The Kier molecular flexibility index (Phi) is 4.96. The minimum absolute atomic E-state index is 0.131. The minimum Gasteiger partial charge on any atom is -0.279 e. The van der Waals surface area contributed by atoms with E-state index >= 15 is 0 Å². The third-order valence-electron chi connectivity index (χ3n) is 2.81. The van der Waals surface area contributed by atoms with Crippen LogP contribution in [0.4, 0.5) is 10.1 Å². The van der Waals surface area contributed by atoms with Crippen LogP contribution >= 0.6 is 23.4 Å². The Labute approximate surface area is 137 Å². The van der Waals surface area contributed by atoms with Crippen molar-refractivity contribution in [1.82, 2.24) is 0 Å². The predicted molar refractivity (Wildman–Crippen MR) is 84.9 cm³/mol. The minimum atomic E-state index is -3.87. The highest BCUT2D eigenvalue weighted by atomic mass is 35.5. The van der Waals surface area contributed by atoms with Crippen LogP contribution in [0.15, 0.2) is 46.2 Å². The first-order valence-electron chi connectivity index (χ1n) is 5.98. The van der Waals surface area contributed by atoms with Gasteiger partial charge < -0.3 is 0 Å². The molecule has 2 rings (SSSR count). The molecular weight excluding hydrogens is 347 g/mol. The molecule has 8 heteroatoms. The van der Waals surface area contributed by atoms with Crippen molar-refractivity contribution in [3.8, 4) is 5.40 Å². The number of hydrogen-bond donors (Lipinski definition) is 1. The molecule has 114 valence electrons. The number of nitrogens with zero attached hydrogens (tertiary/aromatic N) is 1. The largest absolute Gasteiger partial charge is 0.279 e. The number of nitriles is 1. The number of rotatable bonds is 4. The van der Waals surface area contributed by atoms with Gasteiger partial charge in [0.25, 0.3) is 10.0 Å². The molecule has 0 bridgehead atoms. The molecule has 0 saturated carbocycles. The number of halogens is 2. The highest BCUT2D eigenvalue weighted by Crippen LogP contribution is 2.26. The third kappa shape index (κ3) is 3.71. The molecule has 2 aromatic rings. The standard InChI is InChI=1S/C14H10ClFN2O2S2/c1-9-6-10(21-8-17)2-5-14(9)18-22(19,20)11-3-4-13(16)12(15)7-11/h2-7,18H,1H3. The lowest BCUT2D eigenvalue weighted by Crippen LogP contribution is -2.13. The summed E-state index contributed by atoms with van der Waals surface area (Å²) in [5.41, 5.74) is 1.04. The van der Waals surface area contributed by atoms with Crippen LogP contribution in [0, 0.1) is 23.4 Å². The average Bonchev–Trinajstić information content (AvgIpc) is 2.45. The maximum Gasteiger partial charge on any atom is 0.261 e. The summed E-state index contributed by atoms with van der Waals surface area (Å²) in [6.45, 7) is 1.72. The van der Waals surface area contributed by atoms with Crippen LogP contribution in [-0.2, 0) is 10.0 Å². The third-order valence-corrected chi connectivity index (χ3v) is 5.04. The van der Waals surface area contributed by atoms with Gasteiger partial charge in [0.2, 0.25) is 0 Å². The van der Waals surface area contributed by atoms with E-state index in [1.807, 2.05) is 5.40 Å². The van der Waals surface area contributed by atoms with Crippen molar-refractivity contribution in [2.45, 2.75) is 16.7 Å². The number of thioether (sulfide) groups is 1. The number of anilines is 1. The van der Waals surface area contributed by atoms with Crippen molar-refractivity contribution in [2.24, 2.45) is 0 Å². The van der Waals surface area contributed by atoms with Crippen LogP contribution in [0.1, 0.15) is 5.56 Å². The lowest BCUT2D eigenvalue weighted by atomic mass is 10.2. The quantitative estimate of drug-likeness (QED) is 0.659. The van der Waals surface area contributed by atoms with E-state index in [0.29, 0.717) is 16.1 Å². The van der Waals surface area contributed by atoms with Crippen LogP contribution in [-0.4, -0.2) is 8.42 Å². The van der Waals surface area contributed by atoms with Gasteiger partial charge in [-0.3, -0.25) is 4.72 Å². The maximum absolute atomic E-state index is 13.1. The number of sulfonamides is 1. The topological polar surface area (TPSA) is 70.0 Å². The molecule has 22 heavy (non-hydrogen) atoms. The van der Waals surface area contributed by atoms with E-state index in [4.69, 9.17) is 16.9 Å². The zero-order chi connectivity index (χ0) is 16.3. The van der Waals surface area contributed by atoms with Gasteiger partial charge in [-0.2, -0.15) is 5.26 Å². The van der Waals surface area contributed by atoms with E-state index in [2.05, 4.69) is 4.72 Å². The molecule has 0 amide bonds. The van der Waals surface area contributed by atoms with Gasteiger partial charge in [-0.1, -0.05) is 11.6 Å². The molecule has 0 saturated heterocycles. The first-order valence-corrected chi connectivity index (χ1v) is 8.66. The number of nitrogens with one attached hydrogen (secondary N) is 1. The number of benzene rings is 2. The molecule has 0 radical (unpaired) electrons. The summed E-state index contributed by atoms with van der Waals surface area (Å²) in [6, 6.07) is 8.08. The van der Waals surface area contributed by atoms with Crippen LogP contribution in [0.25, 0.3) is 0 Å². The average molecular weight is 357 g/mol. The van der Waals surface area contributed by atoms with Gasteiger partial charge >= 0.3 is 0 Å². The van der Waals surface area contributed by atoms with Crippen LogP contribution in [0.2, 0.25) is 5.02 Å². The van der Waals surface area contributed by atoms with Gasteiger partial charge in [0, 0.05) is 4.90 Å². The lowest BCUT2D eigenvalue weighted by Gasteiger charge is -2.11. The lowest BCUT2D eigenvalue weighted by molar-refractivity contribution is 0.599. The van der Waals surface area contributed by atoms with Crippen molar-refractivity contribution >= 4 is 39.1 Å². The SMILES string of the molecule is Cc1cc(SC#N)ccc1NS(=O)(=O)c1ccc(F)c(Cl)c1. The highest BCUT2D eigenvalue weighted by Gasteiger charge is 2.17. The molecule has 4 nitrogen and oxygen atoms in total.